The molecule has 1 amide bonds. The summed E-state index contributed by atoms with van der Waals surface area (Å²) in [6, 6.07) is 1.96. The molecule has 2 aliphatic heterocycles. The molecule has 8 heteroatoms. The Hall–Kier alpha value is -1.70. The number of ether oxygens (including phenoxy) is 1. The molecule has 1 aromatic heterocycles. The van der Waals surface area contributed by atoms with Gasteiger partial charge < -0.3 is 9.64 Å². The van der Waals surface area contributed by atoms with Crippen molar-refractivity contribution < 1.29 is 17.9 Å². The predicted octanol–water partition coefficient (Wildman–Crippen LogP) is 0.671. The molecular formula is C16H21N3O4S. The molecule has 1 saturated carbocycles. The molecule has 24 heavy (non-hydrogen) atoms. The molecule has 130 valence electrons. The van der Waals surface area contributed by atoms with Crippen molar-refractivity contribution in [3.8, 4) is 6.01 Å². The molecule has 0 radical (unpaired) electrons. The first kappa shape index (κ1) is 15.8. The molecule has 0 N–H and O–H groups in total. The topological polar surface area (TPSA) is 89.5 Å². The Kier molecular flexibility index (Phi) is 3.74. The zero-order valence-electron chi connectivity index (χ0n) is 13.4. The lowest BCUT2D eigenvalue weighted by molar-refractivity contribution is -0.144. The number of hydrogen-bond donors (Lipinski definition) is 0. The van der Waals surface area contributed by atoms with Crippen LogP contribution in [-0.4, -0.2) is 59.4 Å². The first-order chi connectivity index (χ1) is 11.5. The standard InChI is InChI=1S/C16H21N3O4S/c20-14(12-3-1-4-12)19-10-16(11-19)13(5-8-24(16,21)22)9-23-15-17-6-2-7-18-15/h2,6-7,12-13H,1,3-5,8-11H2/t13-/m1/s1. The van der Waals surface area contributed by atoms with Crippen molar-refractivity contribution in [1.29, 1.82) is 0 Å². The first-order valence-corrected chi connectivity index (χ1v) is 10.1. The number of carbonyl (C=O) groups excluding carboxylic acids is 1. The van der Waals surface area contributed by atoms with E-state index in [9.17, 15) is 13.2 Å². The van der Waals surface area contributed by atoms with Crippen molar-refractivity contribution in [1.82, 2.24) is 14.9 Å². The fourth-order valence-electron chi connectivity index (χ4n) is 3.91. The van der Waals surface area contributed by atoms with Crippen LogP contribution in [0.3, 0.4) is 0 Å². The highest BCUT2D eigenvalue weighted by atomic mass is 32.2. The van der Waals surface area contributed by atoms with E-state index >= 15 is 0 Å². The van der Waals surface area contributed by atoms with Crippen LogP contribution >= 0.6 is 0 Å². The van der Waals surface area contributed by atoms with Gasteiger partial charge in [0, 0.05) is 37.3 Å². The quantitative estimate of drug-likeness (QED) is 0.792. The Morgan fingerprint density at radius 3 is 2.58 bits per heavy atom. The maximum absolute atomic E-state index is 12.6. The molecule has 0 aromatic carbocycles. The lowest BCUT2D eigenvalue weighted by atomic mass is 9.79. The minimum Gasteiger partial charge on any atom is -0.463 e. The molecule has 3 fully saturated rings. The van der Waals surface area contributed by atoms with Gasteiger partial charge in [0.1, 0.15) is 4.75 Å². The van der Waals surface area contributed by atoms with Crippen LogP contribution in [0.15, 0.2) is 18.5 Å². The molecule has 0 unspecified atom stereocenters. The summed E-state index contributed by atoms with van der Waals surface area (Å²) >= 11 is 0. The van der Waals surface area contributed by atoms with Gasteiger partial charge in [0.25, 0.3) is 0 Å². The maximum atomic E-state index is 12.6. The minimum absolute atomic E-state index is 0.110. The van der Waals surface area contributed by atoms with Crippen LogP contribution in [0.1, 0.15) is 25.7 Å². The third-order valence-electron chi connectivity index (χ3n) is 5.74. The molecule has 2 saturated heterocycles. The second kappa shape index (κ2) is 5.68. The maximum Gasteiger partial charge on any atom is 0.316 e. The zero-order chi connectivity index (χ0) is 16.8. The Bertz CT molecular complexity index is 727. The van der Waals surface area contributed by atoms with Crippen LogP contribution in [0.2, 0.25) is 0 Å². The molecule has 1 aromatic rings. The fraction of sp³-hybridized carbons (Fsp3) is 0.688. The molecule has 4 rings (SSSR count). The summed E-state index contributed by atoms with van der Waals surface area (Å²) in [4.78, 5) is 22.1. The average Bonchev–Trinajstić information content (AvgIpc) is 2.73. The van der Waals surface area contributed by atoms with Crippen molar-refractivity contribution in [3.05, 3.63) is 18.5 Å². The number of aromatic nitrogens is 2. The zero-order valence-corrected chi connectivity index (χ0v) is 14.2. The van der Waals surface area contributed by atoms with Crippen LogP contribution in [0, 0.1) is 11.8 Å². The van der Waals surface area contributed by atoms with Crippen molar-refractivity contribution in [2.45, 2.75) is 30.4 Å². The van der Waals surface area contributed by atoms with Gasteiger partial charge in [0.15, 0.2) is 9.84 Å². The Morgan fingerprint density at radius 1 is 1.25 bits per heavy atom. The molecule has 0 bridgehead atoms. The van der Waals surface area contributed by atoms with Crippen LogP contribution in [0.4, 0.5) is 0 Å². The summed E-state index contributed by atoms with van der Waals surface area (Å²) in [7, 11) is -3.20. The molecular weight excluding hydrogens is 330 g/mol. The van der Waals surface area contributed by atoms with E-state index in [0.717, 1.165) is 19.3 Å². The third kappa shape index (κ3) is 2.39. The van der Waals surface area contributed by atoms with Crippen LogP contribution in [-0.2, 0) is 14.6 Å². The van der Waals surface area contributed by atoms with Crippen molar-refractivity contribution in [2.75, 3.05) is 25.4 Å². The van der Waals surface area contributed by atoms with Crippen molar-refractivity contribution in [2.24, 2.45) is 11.8 Å². The summed E-state index contributed by atoms with van der Waals surface area (Å²) in [5, 5.41) is 0. The lowest BCUT2D eigenvalue weighted by Crippen LogP contribution is -2.69. The predicted molar refractivity (Wildman–Crippen MR) is 86.1 cm³/mol. The van der Waals surface area contributed by atoms with Gasteiger partial charge in [-0.2, -0.15) is 0 Å². The minimum atomic E-state index is -3.20. The third-order valence-corrected chi connectivity index (χ3v) is 8.34. The largest absolute Gasteiger partial charge is 0.463 e. The van der Waals surface area contributed by atoms with Gasteiger partial charge in [-0.1, -0.05) is 6.42 Å². The van der Waals surface area contributed by atoms with E-state index in [1.807, 2.05) is 0 Å². The lowest BCUT2D eigenvalue weighted by Gasteiger charge is -2.51. The number of rotatable bonds is 4. The number of nitrogens with zero attached hydrogens (tertiary/aromatic N) is 3. The molecule has 3 heterocycles. The smallest absolute Gasteiger partial charge is 0.316 e. The highest BCUT2D eigenvalue weighted by molar-refractivity contribution is 7.93. The van der Waals surface area contributed by atoms with E-state index in [1.54, 1.807) is 23.4 Å². The van der Waals surface area contributed by atoms with Gasteiger partial charge in [-0.3, -0.25) is 4.79 Å². The summed E-state index contributed by atoms with van der Waals surface area (Å²) in [5.41, 5.74) is 0. The van der Waals surface area contributed by atoms with E-state index in [1.165, 1.54) is 0 Å². The van der Waals surface area contributed by atoms with E-state index in [-0.39, 0.29) is 36.1 Å². The molecule has 1 aliphatic carbocycles. The van der Waals surface area contributed by atoms with Gasteiger partial charge in [-0.25, -0.2) is 18.4 Å². The van der Waals surface area contributed by atoms with E-state index in [4.69, 9.17) is 4.74 Å². The monoisotopic (exact) mass is 351 g/mol. The fourth-order valence-corrected chi connectivity index (χ4v) is 6.31. The van der Waals surface area contributed by atoms with Crippen molar-refractivity contribution >= 4 is 15.7 Å². The number of sulfone groups is 1. The van der Waals surface area contributed by atoms with Gasteiger partial charge in [0.05, 0.1) is 12.4 Å². The van der Waals surface area contributed by atoms with Gasteiger partial charge >= 0.3 is 6.01 Å². The summed E-state index contributed by atoms with van der Waals surface area (Å²) < 4.78 is 29.9. The van der Waals surface area contributed by atoms with Gasteiger partial charge in [-0.15, -0.1) is 0 Å². The SMILES string of the molecule is O=C(C1CCC1)N1CC2(C1)[C@@H](COc1ncccn1)CCS2(=O)=O. The van der Waals surface area contributed by atoms with Crippen LogP contribution < -0.4 is 4.74 Å². The highest BCUT2D eigenvalue weighted by Crippen LogP contribution is 2.46. The number of likely N-dealkylation sites (tertiary alicyclic amines) is 1. The highest BCUT2D eigenvalue weighted by Gasteiger charge is 2.63. The second-order valence-corrected chi connectivity index (χ2v) is 9.48. The van der Waals surface area contributed by atoms with E-state index < -0.39 is 14.6 Å². The van der Waals surface area contributed by atoms with Gasteiger partial charge in [-0.05, 0) is 25.3 Å². The Balaban J connectivity index is 1.44. The van der Waals surface area contributed by atoms with Crippen LogP contribution in [0.5, 0.6) is 6.01 Å². The molecule has 1 atom stereocenters. The number of hydrogen-bond acceptors (Lipinski definition) is 6. The summed E-state index contributed by atoms with van der Waals surface area (Å²) in [6.07, 6.45) is 6.72. The van der Waals surface area contributed by atoms with E-state index in [2.05, 4.69) is 9.97 Å². The van der Waals surface area contributed by atoms with Crippen molar-refractivity contribution in [3.63, 3.8) is 0 Å². The average molecular weight is 351 g/mol. The summed E-state index contributed by atoms with van der Waals surface area (Å²) in [5.74, 6) is 0.290. The van der Waals surface area contributed by atoms with E-state index in [0.29, 0.717) is 19.5 Å². The molecule has 3 aliphatic rings. The molecule has 1 spiro atoms. The number of carbonyl (C=O) groups is 1. The summed E-state index contributed by atoms with van der Waals surface area (Å²) in [6.45, 7) is 0.900. The second-order valence-electron chi connectivity index (χ2n) is 7.03. The Morgan fingerprint density at radius 2 is 1.96 bits per heavy atom. The first-order valence-electron chi connectivity index (χ1n) is 8.43. The van der Waals surface area contributed by atoms with Gasteiger partial charge in [0.2, 0.25) is 5.91 Å². The molecule has 7 nitrogen and oxygen atoms in total. The Labute approximate surface area is 141 Å². The van der Waals surface area contributed by atoms with Crippen LogP contribution in [0.25, 0.3) is 0 Å². The normalized spacial score (nSPS) is 27.5. The number of amides is 1.